The highest BCUT2D eigenvalue weighted by Gasteiger charge is 2.31. The van der Waals surface area contributed by atoms with Gasteiger partial charge >= 0.3 is 6.18 Å². The monoisotopic (exact) mass is 322 g/mol. The Balaban J connectivity index is 2.40. The fraction of sp³-hybridized carbons (Fsp3) is 0.125. The molecule has 0 heterocycles. The number of rotatable bonds is 3. The summed E-state index contributed by atoms with van der Waals surface area (Å²) in [5.41, 5.74) is 4.52. The van der Waals surface area contributed by atoms with Gasteiger partial charge in [0.15, 0.2) is 0 Å². The number of anilines is 1. The number of hydrogen-bond donors (Lipinski definition) is 1. The molecule has 0 aliphatic heterocycles. The number of halogens is 3. The molecule has 2 amide bonds. The fourth-order valence-corrected chi connectivity index (χ4v) is 2.11. The topological polar surface area (TPSA) is 63.4 Å². The summed E-state index contributed by atoms with van der Waals surface area (Å²) in [4.78, 5) is 24.9. The summed E-state index contributed by atoms with van der Waals surface area (Å²) in [5, 5.41) is 0. The van der Waals surface area contributed by atoms with E-state index in [0.29, 0.717) is 0 Å². The molecule has 0 saturated heterocycles. The fourth-order valence-electron chi connectivity index (χ4n) is 2.11. The maximum Gasteiger partial charge on any atom is 0.416 e. The molecule has 0 unspecified atom stereocenters. The van der Waals surface area contributed by atoms with E-state index in [1.807, 2.05) is 0 Å². The lowest BCUT2D eigenvalue weighted by Crippen LogP contribution is -2.29. The number of para-hydroxylation sites is 1. The number of amides is 2. The smallest absolute Gasteiger partial charge is 0.366 e. The highest BCUT2D eigenvalue weighted by molar-refractivity contribution is 6.09. The third-order valence-electron chi connectivity index (χ3n) is 3.27. The zero-order valence-electron chi connectivity index (χ0n) is 12.1. The molecule has 7 heteroatoms. The molecule has 2 N–H and O–H groups in total. The van der Waals surface area contributed by atoms with Crippen LogP contribution in [0, 0.1) is 0 Å². The van der Waals surface area contributed by atoms with E-state index in [0.717, 1.165) is 23.1 Å². The van der Waals surface area contributed by atoms with Gasteiger partial charge in [0.2, 0.25) is 0 Å². The summed E-state index contributed by atoms with van der Waals surface area (Å²) in [6, 6.07) is 10.2. The van der Waals surface area contributed by atoms with Crippen LogP contribution < -0.4 is 10.6 Å². The van der Waals surface area contributed by atoms with Gasteiger partial charge in [-0.1, -0.05) is 18.2 Å². The highest BCUT2D eigenvalue weighted by atomic mass is 19.4. The van der Waals surface area contributed by atoms with Gasteiger partial charge in [-0.05, 0) is 30.3 Å². The van der Waals surface area contributed by atoms with Crippen LogP contribution in [-0.2, 0) is 6.18 Å². The minimum absolute atomic E-state index is 0.107. The SMILES string of the molecule is CN(C(=O)c1cccc(C(F)(F)F)c1)c1ccccc1C(N)=O. The van der Waals surface area contributed by atoms with E-state index in [4.69, 9.17) is 5.73 Å². The zero-order valence-corrected chi connectivity index (χ0v) is 12.1. The Morgan fingerprint density at radius 2 is 1.70 bits per heavy atom. The second-order valence-electron chi connectivity index (χ2n) is 4.82. The molecular weight excluding hydrogens is 309 g/mol. The highest BCUT2D eigenvalue weighted by Crippen LogP contribution is 2.30. The van der Waals surface area contributed by atoms with Crippen LogP contribution in [0.15, 0.2) is 48.5 Å². The predicted octanol–water partition coefficient (Wildman–Crippen LogP) is 3.08. The van der Waals surface area contributed by atoms with Crippen molar-refractivity contribution in [2.24, 2.45) is 5.73 Å². The molecule has 0 aromatic heterocycles. The average Bonchev–Trinajstić information content (AvgIpc) is 2.52. The first kappa shape index (κ1) is 16.5. The van der Waals surface area contributed by atoms with E-state index >= 15 is 0 Å². The Labute approximate surface area is 130 Å². The molecule has 2 rings (SSSR count). The lowest BCUT2D eigenvalue weighted by Gasteiger charge is -2.20. The molecule has 0 saturated carbocycles. The van der Waals surface area contributed by atoms with E-state index in [-0.39, 0.29) is 16.8 Å². The number of carbonyl (C=O) groups excluding carboxylic acids is 2. The maximum absolute atomic E-state index is 12.7. The summed E-state index contributed by atoms with van der Waals surface area (Å²) >= 11 is 0. The Kier molecular flexibility index (Phi) is 4.40. The molecule has 0 radical (unpaired) electrons. The van der Waals surface area contributed by atoms with Gasteiger partial charge in [0.05, 0.1) is 16.8 Å². The summed E-state index contributed by atoms with van der Waals surface area (Å²) in [6.45, 7) is 0. The van der Waals surface area contributed by atoms with E-state index in [2.05, 4.69) is 0 Å². The van der Waals surface area contributed by atoms with Crippen LogP contribution in [0.3, 0.4) is 0 Å². The Morgan fingerprint density at radius 3 is 2.30 bits per heavy atom. The van der Waals surface area contributed by atoms with Crippen LogP contribution in [0.2, 0.25) is 0 Å². The summed E-state index contributed by atoms with van der Waals surface area (Å²) < 4.78 is 38.2. The van der Waals surface area contributed by atoms with E-state index in [1.165, 1.54) is 25.2 Å². The van der Waals surface area contributed by atoms with Gasteiger partial charge in [0, 0.05) is 12.6 Å². The van der Waals surface area contributed by atoms with Crippen LogP contribution >= 0.6 is 0 Å². The van der Waals surface area contributed by atoms with Crippen molar-refractivity contribution in [1.82, 2.24) is 0 Å². The molecule has 0 bridgehead atoms. The first-order chi connectivity index (χ1) is 10.7. The van der Waals surface area contributed by atoms with Crippen molar-refractivity contribution in [3.05, 3.63) is 65.2 Å². The zero-order chi connectivity index (χ0) is 17.2. The molecule has 2 aromatic carbocycles. The summed E-state index contributed by atoms with van der Waals surface area (Å²) in [5.74, 6) is -1.41. The molecule has 0 atom stereocenters. The molecule has 0 spiro atoms. The van der Waals surface area contributed by atoms with Gasteiger partial charge in [0.1, 0.15) is 0 Å². The first-order valence-corrected chi connectivity index (χ1v) is 6.56. The Morgan fingerprint density at radius 1 is 1.04 bits per heavy atom. The quantitative estimate of drug-likeness (QED) is 0.944. The van der Waals surface area contributed by atoms with Crippen molar-refractivity contribution in [3.63, 3.8) is 0 Å². The maximum atomic E-state index is 12.7. The lowest BCUT2D eigenvalue weighted by atomic mass is 10.1. The van der Waals surface area contributed by atoms with Crippen LogP contribution in [0.4, 0.5) is 18.9 Å². The van der Waals surface area contributed by atoms with E-state index < -0.39 is 23.6 Å². The lowest BCUT2D eigenvalue weighted by molar-refractivity contribution is -0.137. The average molecular weight is 322 g/mol. The van der Waals surface area contributed by atoms with Crippen molar-refractivity contribution in [2.45, 2.75) is 6.18 Å². The third kappa shape index (κ3) is 3.50. The van der Waals surface area contributed by atoms with Gasteiger partial charge < -0.3 is 10.6 Å². The number of nitrogens with two attached hydrogens (primary N) is 1. The molecule has 120 valence electrons. The Hall–Kier alpha value is -2.83. The van der Waals surface area contributed by atoms with Crippen LogP contribution in [-0.4, -0.2) is 18.9 Å². The number of primary amides is 1. The van der Waals surface area contributed by atoms with Crippen molar-refractivity contribution >= 4 is 17.5 Å². The predicted molar refractivity (Wildman–Crippen MR) is 79.1 cm³/mol. The van der Waals surface area contributed by atoms with Crippen LogP contribution in [0.25, 0.3) is 0 Å². The number of alkyl halides is 3. The van der Waals surface area contributed by atoms with Gasteiger partial charge in [-0.2, -0.15) is 13.2 Å². The summed E-state index contributed by atoms with van der Waals surface area (Å²) in [6.07, 6.45) is -4.54. The number of carbonyl (C=O) groups is 2. The molecular formula is C16H13F3N2O2. The molecule has 23 heavy (non-hydrogen) atoms. The minimum atomic E-state index is -4.54. The number of nitrogens with zero attached hydrogens (tertiary/aromatic N) is 1. The second kappa shape index (κ2) is 6.12. The van der Waals surface area contributed by atoms with Gasteiger partial charge in [-0.25, -0.2) is 0 Å². The van der Waals surface area contributed by atoms with Crippen molar-refractivity contribution in [2.75, 3.05) is 11.9 Å². The second-order valence-corrected chi connectivity index (χ2v) is 4.82. The van der Waals surface area contributed by atoms with E-state index in [9.17, 15) is 22.8 Å². The molecule has 0 aliphatic rings. The third-order valence-corrected chi connectivity index (χ3v) is 3.27. The largest absolute Gasteiger partial charge is 0.416 e. The normalized spacial score (nSPS) is 11.1. The number of benzene rings is 2. The van der Waals surface area contributed by atoms with Crippen LogP contribution in [0.5, 0.6) is 0 Å². The van der Waals surface area contributed by atoms with Gasteiger partial charge in [-0.15, -0.1) is 0 Å². The molecule has 2 aromatic rings. The first-order valence-electron chi connectivity index (χ1n) is 6.56. The van der Waals surface area contributed by atoms with E-state index in [1.54, 1.807) is 12.1 Å². The van der Waals surface area contributed by atoms with Crippen LogP contribution in [0.1, 0.15) is 26.3 Å². The molecule has 4 nitrogen and oxygen atoms in total. The summed E-state index contributed by atoms with van der Waals surface area (Å²) in [7, 11) is 1.37. The molecule has 0 aliphatic carbocycles. The minimum Gasteiger partial charge on any atom is -0.366 e. The van der Waals surface area contributed by atoms with Crippen molar-refractivity contribution in [3.8, 4) is 0 Å². The van der Waals surface area contributed by atoms with Gasteiger partial charge in [0.25, 0.3) is 11.8 Å². The Bertz CT molecular complexity index is 757. The standard InChI is InChI=1S/C16H13F3N2O2/c1-21(13-8-3-2-7-12(13)14(20)22)15(23)10-5-4-6-11(9-10)16(17,18)19/h2-9H,1H3,(H2,20,22). The molecule has 0 fully saturated rings. The number of hydrogen-bond acceptors (Lipinski definition) is 2. The van der Waals surface area contributed by atoms with Crippen molar-refractivity contribution in [1.29, 1.82) is 0 Å². The van der Waals surface area contributed by atoms with Crippen molar-refractivity contribution < 1.29 is 22.8 Å². The van der Waals surface area contributed by atoms with Gasteiger partial charge in [-0.3, -0.25) is 9.59 Å².